The van der Waals surface area contributed by atoms with E-state index < -0.39 is 15.6 Å². The Labute approximate surface area is 258 Å². The number of nitrogens with zero attached hydrogens (tertiary/aromatic N) is 10. The van der Waals surface area contributed by atoms with Crippen molar-refractivity contribution in [2.75, 3.05) is 13.1 Å². The number of likely N-dealkylation sites (tertiary alicyclic amines) is 1. The molecule has 15 heteroatoms. The van der Waals surface area contributed by atoms with Crippen molar-refractivity contribution in [1.82, 2.24) is 48.0 Å². The summed E-state index contributed by atoms with van der Waals surface area (Å²) in [7, 11) is -2.33. The van der Waals surface area contributed by atoms with Crippen molar-refractivity contribution < 1.29 is 17.9 Å². The molecule has 0 aromatic carbocycles. The fourth-order valence-corrected chi connectivity index (χ4v) is 6.87. The van der Waals surface area contributed by atoms with Crippen LogP contribution in [0, 0.1) is 0 Å². The first-order valence-corrected chi connectivity index (χ1v) is 16.0. The van der Waals surface area contributed by atoms with Gasteiger partial charge in [0.15, 0.2) is 5.03 Å². The lowest BCUT2D eigenvalue weighted by Gasteiger charge is -2.33. The molecule has 6 aromatic heterocycles. The number of piperidine rings is 1. The molecule has 0 unspecified atom stereocenters. The van der Waals surface area contributed by atoms with E-state index >= 15 is 0 Å². The summed E-state index contributed by atoms with van der Waals surface area (Å²) in [6.07, 6.45) is 14.6. The number of imidazole rings is 1. The minimum absolute atomic E-state index is 0.0239. The summed E-state index contributed by atoms with van der Waals surface area (Å²) < 4.78 is 39.6. The number of aromatic nitrogens is 9. The molecule has 232 valence electrons. The molecular weight excluding hydrogens is 596 g/mol. The lowest BCUT2D eigenvalue weighted by molar-refractivity contribution is 0.0184. The van der Waals surface area contributed by atoms with E-state index in [-0.39, 0.29) is 17.2 Å². The van der Waals surface area contributed by atoms with Crippen molar-refractivity contribution in [3.05, 3.63) is 67.8 Å². The fraction of sp³-hybridized carbons (Fsp3) is 0.333. The summed E-state index contributed by atoms with van der Waals surface area (Å²) in [4.78, 5) is 23.0. The van der Waals surface area contributed by atoms with E-state index in [0.717, 1.165) is 33.6 Å². The Bertz CT molecular complexity index is 2160. The van der Waals surface area contributed by atoms with Gasteiger partial charge in [-0.15, -0.1) is 0 Å². The predicted molar refractivity (Wildman–Crippen MR) is 165 cm³/mol. The van der Waals surface area contributed by atoms with Gasteiger partial charge in [-0.2, -0.15) is 27.8 Å². The van der Waals surface area contributed by atoms with Crippen LogP contribution < -0.4 is 0 Å². The van der Waals surface area contributed by atoms with Crippen molar-refractivity contribution in [2.24, 2.45) is 7.05 Å². The first-order chi connectivity index (χ1) is 21.5. The second kappa shape index (κ2) is 10.5. The number of ether oxygens (including phenoxy) is 1. The first kappa shape index (κ1) is 28.7. The van der Waals surface area contributed by atoms with Crippen LogP contribution in [0.15, 0.2) is 72.8 Å². The fourth-order valence-electron chi connectivity index (χ4n) is 5.54. The van der Waals surface area contributed by atoms with E-state index in [4.69, 9.17) is 4.74 Å². The largest absolute Gasteiger partial charge is 0.444 e. The normalized spacial score (nSPS) is 14.9. The van der Waals surface area contributed by atoms with E-state index in [1.807, 2.05) is 51.0 Å². The Kier molecular flexibility index (Phi) is 6.72. The minimum Gasteiger partial charge on any atom is -0.444 e. The first-order valence-electron chi connectivity index (χ1n) is 14.5. The Morgan fingerprint density at radius 2 is 1.62 bits per heavy atom. The van der Waals surface area contributed by atoms with Gasteiger partial charge in [-0.05, 0) is 51.8 Å². The van der Waals surface area contributed by atoms with Crippen LogP contribution in [0.3, 0.4) is 0 Å². The third kappa shape index (κ3) is 5.32. The highest BCUT2D eigenvalue weighted by Gasteiger charge is 2.29. The van der Waals surface area contributed by atoms with Gasteiger partial charge >= 0.3 is 16.1 Å². The van der Waals surface area contributed by atoms with E-state index in [1.165, 1.54) is 12.4 Å². The van der Waals surface area contributed by atoms with Crippen molar-refractivity contribution in [3.63, 3.8) is 0 Å². The summed E-state index contributed by atoms with van der Waals surface area (Å²) in [6, 6.07) is 5.51. The smallest absolute Gasteiger partial charge is 0.410 e. The quantitative estimate of drug-likeness (QED) is 0.275. The standard InChI is InChI=1S/C30H32N10O4S/c1-30(2,3)44-29(41)37-9-7-24(8-10-37)39-19-23(14-34-39)21-11-26-25(31-12-21)15-35-40(26)45(42,43)28-16-32-27-6-5-20(18-38(27)28)22-13-33-36(4)17-22/h5-6,11-19,24H,7-10H2,1-4H3. The molecule has 1 saturated heterocycles. The molecule has 0 atom stereocenters. The molecule has 14 nitrogen and oxygen atoms in total. The molecule has 0 radical (unpaired) electrons. The van der Waals surface area contributed by atoms with Crippen LogP contribution in [-0.4, -0.2) is 81.2 Å². The Balaban J connectivity index is 1.15. The SMILES string of the molecule is Cn1cc(-c2ccc3ncc(S(=O)(=O)n4ncc5ncc(-c6cnn(C7CCN(C(=O)OC(C)(C)C)CC7)c6)cc54)n3c2)cn1. The molecule has 1 aliphatic heterocycles. The van der Waals surface area contributed by atoms with Crippen LogP contribution in [0.4, 0.5) is 4.79 Å². The Morgan fingerprint density at radius 1 is 0.867 bits per heavy atom. The monoisotopic (exact) mass is 628 g/mol. The molecule has 0 saturated carbocycles. The van der Waals surface area contributed by atoms with Crippen molar-refractivity contribution >= 4 is 32.8 Å². The number of aryl methyl sites for hydroxylation is 1. The van der Waals surface area contributed by atoms with E-state index in [1.54, 1.807) is 50.9 Å². The molecule has 0 bridgehead atoms. The molecule has 1 aliphatic rings. The van der Waals surface area contributed by atoms with Gasteiger partial charge in [0.05, 0.1) is 30.8 Å². The Morgan fingerprint density at radius 3 is 2.36 bits per heavy atom. The van der Waals surface area contributed by atoms with Crippen LogP contribution >= 0.6 is 0 Å². The zero-order valence-corrected chi connectivity index (χ0v) is 26.1. The second-order valence-electron chi connectivity index (χ2n) is 12.2. The highest BCUT2D eigenvalue weighted by molar-refractivity contribution is 7.90. The topological polar surface area (TPSA) is 147 Å². The van der Waals surface area contributed by atoms with Crippen molar-refractivity contribution in [2.45, 2.75) is 50.3 Å². The average molecular weight is 629 g/mol. The molecule has 7 rings (SSSR count). The number of amides is 1. The molecule has 1 amide bonds. The zero-order chi connectivity index (χ0) is 31.5. The van der Waals surface area contributed by atoms with Crippen LogP contribution in [-0.2, 0) is 21.8 Å². The molecule has 0 N–H and O–H groups in total. The summed E-state index contributed by atoms with van der Waals surface area (Å²) in [5, 5.41) is 13.0. The molecule has 6 aromatic rings. The van der Waals surface area contributed by atoms with Crippen LogP contribution in [0.25, 0.3) is 38.9 Å². The maximum Gasteiger partial charge on any atom is 0.410 e. The molecule has 0 aliphatic carbocycles. The number of carbonyl (C=O) groups is 1. The highest BCUT2D eigenvalue weighted by atomic mass is 32.2. The number of pyridine rings is 2. The molecule has 45 heavy (non-hydrogen) atoms. The van der Waals surface area contributed by atoms with E-state index in [0.29, 0.717) is 35.3 Å². The van der Waals surface area contributed by atoms with Crippen LogP contribution in [0.2, 0.25) is 0 Å². The molecule has 7 heterocycles. The number of carbonyl (C=O) groups excluding carboxylic acids is 1. The minimum atomic E-state index is -4.15. The Hall–Kier alpha value is -5.05. The molecular formula is C30H32N10O4S. The molecule has 0 spiro atoms. The van der Waals surface area contributed by atoms with Gasteiger partial charge in [-0.3, -0.25) is 18.7 Å². The van der Waals surface area contributed by atoms with E-state index in [9.17, 15) is 13.2 Å². The summed E-state index contributed by atoms with van der Waals surface area (Å²) in [5.74, 6) is 0. The van der Waals surface area contributed by atoms with Crippen molar-refractivity contribution in [1.29, 1.82) is 0 Å². The number of rotatable bonds is 5. The third-order valence-corrected chi connectivity index (χ3v) is 9.39. The van der Waals surface area contributed by atoms with Gasteiger partial charge < -0.3 is 9.64 Å². The summed E-state index contributed by atoms with van der Waals surface area (Å²) in [6.45, 7) is 6.73. The zero-order valence-electron chi connectivity index (χ0n) is 25.3. The number of hydrogen-bond donors (Lipinski definition) is 0. The third-order valence-electron chi connectivity index (χ3n) is 7.82. The summed E-state index contributed by atoms with van der Waals surface area (Å²) in [5.41, 5.74) is 3.87. The van der Waals surface area contributed by atoms with Gasteiger partial charge in [0.2, 0.25) is 0 Å². The summed E-state index contributed by atoms with van der Waals surface area (Å²) >= 11 is 0. The van der Waals surface area contributed by atoms with Gasteiger partial charge in [-0.1, -0.05) is 0 Å². The van der Waals surface area contributed by atoms with Crippen LogP contribution in [0.1, 0.15) is 39.7 Å². The second-order valence-corrected chi connectivity index (χ2v) is 13.9. The van der Waals surface area contributed by atoms with Crippen LogP contribution in [0.5, 0.6) is 0 Å². The number of hydrogen-bond acceptors (Lipinski definition) is 9. The van der Waals surface area contributed by atoms with Crippen molar-refractivity contribution in [3.8, 4) is 22.3 Å². The van der Waals surface area contributed by atoms with Gasteiger partial charge in [-0.25, -0.2) is 9.78 Å². The van der Waals surface area contributed by atoms with E-state index in [2.05, 4.69) is 25.3 Å². The lowest BCUT2D eigenvalue weighted by Crippen LogP contribution is -2.42. The average Bonchev–Trinajstić information content (AvgIpc) is 3.81. The van der Waals surface area contributed by atoms with Gasteiger partial charge in [0, 0.05) is 67.2 Å². The maximum absolute atomic E-state index is 14.0. The number of fused-ring (bicyclic) bond motifs is 2. The molecule has 1 fully saturated rings. The van der Waals surface area contributed by atoms with Gasteiger partial charge in [0.25, 0.3) is 0 Å². The lowest BCUT2D eigenvalue weighted by atomic mass is 10.1. The maximum atomic E-state index is 14.0. The highest BCUT2D eigenvalue weighted by Crippen LogP contribution is 2.29. The predicted octanol–water partition coefficient (Wildman–Crippen LogP) is 4.15. The van der Waals surface area contributed by atoms with Gasteiger partial charge in [0.1, 0.15) is 22.3 Å².